The predicted octanol–water partition coefficient (Wildman–Crippen LogP) is 3.73. The topological polar surface area (TPSA) is 104 Å². The summed E-state index contributed by atoms with van der Waals surface area (Å²) in [6, 6.07) is 10.2. The van der Waals surface area contributed by atoms with Crippen LogP contribution in [0.1, 0.15) is 12.7 Å². The van der Waals surface area contributed by atoms with Gasteiger partial charge in [0.1, 0.15) is 23.9 Å². The molecule has 1 atom stereocenters. The number of carbonyl (C=O) groups is 1. The van der Waals surface area contributed by atoms with Crippen LogP contribution in [-0.2, 0) is 11.4 Å². The van der Waals surface area contributed by atoms with Crippen LogP contribution >= 0.6 is 11.8 Å². The zero-order valence-corrected chi connectivity index (χ0v) is 17.3. The first-order valence-corrected chi connectivity index (χ1v) is 9.90. The molecule has 1 aromatic heterocycles. The van der Waals surface area contributed by atoms with Crippen molar-refractivity contribution in [3.63, 3.8) is 0 Å². The third-order valence-corrected chi connectivity index (χ3v) is 4.98. The summed E-state index contributed by atoms with van der Waals surface area (Å²) >= 11 is 1.03. The second kappa shape index (κ2) is 9.77. The molecule has 170 valence electrons. The summed E-state index contributed by atoms with van der Waals surface area (Å²) < 4.78 is 60.0. The summed E-state index contributed by atoms with van der Waals surface area (Å²) in [6.45, 7) is 1.58. The van der Waals surface area contributed by atoms with Crippen molar-refractivity contribution >= 4 is 23.4 Å². The van der Waals surface area contributed by atoms with E-state index in [0.29, 0.717) is 11.4 Å². The molecule has 3 aromatic rings. The molecule has 0 saturated heterocycles. The highest BCUT2D eigenvalue weighted by Gasteiger charge is 2.31. The lowest BCUT2D eigenvalue weighted by molar-refractivity contribution is -0.274. The number of rotatable bonds is 8. The number of halogens is 4. The lowest BCUT2D eigenvalue weighted by atomic mass is 10.3. The van der Waals surface area contributed by atoms with Crippen LogP contribution in [0.2, 0.25) is 0 Å². The van der Waals surface area contributed by atoms with Crippen LogP contribution in [0.15, 0.2) is 53.7 Å². The van der Waals surface area contributed by atoms with Gasteiger partial charge in [-0.05, 0) is 55.5 Å². The first kappa shape index (κ1) is 23.2. The fourth-order valence-electron chi connectivity index (χ4n) is 2.36. The van der Waals surface area contributed by atoms with E-state index >= 15 is 0 Å². The highest BCUT2D eigenvalue weighted by molar-refractivity contribution is 8.00. The first-order valence-electron chi connectivity index (χ1n) is 9.02. The van der Waals surface area contributed by atoms with Crippen LogP contribution < -0.4 is 20.6 Å². The lowest BCUT2D eigenvalue weighted by Crippen LogP contribution is -2.24. The van der Waals surface area contributed by atoms with E-state index < -0.39 is 29.1 Å². The summed E-state index contributed by atoms with van der Waals surface area (Å²) in [5, 5.41) is 10.0. The van der Waals surface area contributed by atoms with E-state index in [-0.39, 0.29) is 17.6 Å². The minimum absolute atomic E-state index is 0.0252. The molecule has 0 aliphatic rings. The smallest absolute Gasteiger partial charge is 0.486 e. The average Bonchev–Trinajstić information content (AvgIpc) is 3.07. The number of ether oxygens (including phenoxy) is 2. The second-order valence-corrected chi connectivity index (χ2v) is 7.64. The predicted molar refractivity (Wildman–Crippen MR) is 108 cm³/mol. The third kappa shape index (κ3) is 6.51. The van der Waals surface area contributed by atoms with Crippen molar-refractivity contribution in [2.75, 3.05) is 11.2 Å². The fraction of sp³-hybridized carbons (Fsp3) is 0.211. The van der Waals surface area contributed by atoms with Crippen molar-refractivity contribution in [2.24, 2.45) is 0 Å². The summed E-state index contributed by atoms with van der Waals surface area (Å²) in [4.78, 5) is 12.4. The molecule has 8 nitrogen and oxygen atoms in total. The molecule has 0 fully saturated rings. The first-order chi connectivity index (χ1) is 15.1. The minimum atomic E-state index is -4.79. The van der Waals surface area contributed by atoms with Gasteiger partial charge in [0.25, 0.3) is 0 Å². The monoisotopic (exact) mass is 471 g/mol. The third-order valence-electron chi connectivity index (χ3n) is 3.92. The largest absolute Gasteiger partial charge is 0.573 e. The molecule has 2 aromatic carbocycles. The van der Waals surface area contributed by atoms with Gasteiger partial charge < -0.3 is 20.6 Å². The summed E-state index contributed by atoms with van der Waals surface area (Å²) in [7, 11) is 0. The maximum absolute atomic E-state index is 12.9. The number of aromatic nitrogens is 3. The SMILES string of the molecule is CC(Sc1nnc(COc2ccc(F)cc2)n1N)C(=O)Nc1ccc(OC(F)(F)F)cc1. The van der Waals surface area contributed by atoms with Crippen LogP contribution in [0.5, 0.6) is 11.5 Å². The van der Waals surface area contributed by atoms with Gasteiger partial charge in [-0.1, -0.05) is 11.8 Å². The van der Waals surface area contributed by atoms with E-state index in [1.165, 1.54) is 41.1 Å². The van der Waals surface area contributed by atoms with Crippen molar-refractivity contribution in [2.45, 2.75) is 30.3 Å². The van der Waals surface area contributed by atoms with Crippen LogP contribution in [0.25, 0.3) is 0 Å². The van der Waals surface area contributed by atoms with Gasteiger partial charge >= 0.3 is 6.36 Å². The summed E-state index contributed by atoms with van der Waals surface area (Å²) in [6.07, 6.45) is -4.79. The number of carbonyl (C=O) groups excluding carboxylic acids is 1. The molecule has 0 spiro atoms. The minimum Gasteiger partial charge on any atom is -0.486 e. The lowest BCUT2D eigenvalue weighted by Gasteiger charge is -2.13. The maximum Gasteiger partial charge on any atom is 0.573 e. The van der Waals surface area contributed by atoms with Gasteiger partial charge in [-0.15, -0.1) is 23.4 Å². The Morgan fingerprint density at radius 1 is 1.12 bits per heavy atom. The van der Waals surface area contributed by atoms with Gasteiger partial charge in [0.15, 0.2) is 5.82 Å². The van der Waals surface area contributed by atoms with Crippen molar-refractivity contribution in [1.82, 2.24) is 14.9 Å². The number of nitrogens with one attached hydrogen (secondary N) is 1. The Labute approximate surface area is 183 Å². The number of hydrogen-bond acceptors (Lipinski definition) is 7. The van der Waals surface area contributed by atoms with E-state index in [9.17, 15) is 22.4 Å². The van der Waals surface area contributed by atoms with Crippen LogP contribution in [0, 0.1) is 5.82 Å². The highest BCUT2D eigenvalue weighted by Crippen LogP contribution is 2.25. The number of nitrogens with zero attached hydrogens (tertiary/aromatic N) is 3. The molecule has 0 radical (unpaired) electrons. The summed E-state index contributed by atoms with van der Waals surface area (Å²) in [5.74, 6) is 5.44. The van der Waals surface area contributed by atoms with Gasteiger partial charge in [-0.3, -0.25) is 4.79 Å². The molecule has 32 heavy (non-hydrogen) atoms. The molecule has 1 amide bonds. The van der Waals surface area contributed by atoms with Gasteiger partial charge in [-0.25, -0.2) is 9.07 Å². The number of nitrogen functional groups attached to an aromatic ring is 1. The molecule has 0 aliphatic carbocycles. The number of alkyl halides is 3. The van der Waals surface area contributed by atoms with E-state index in [1.54, 1.807) is 6.92 Å². The Morgan fingerprint density at radius 2 is 1.75 bits per heavy atom. The van der Waals surface area contributed by atoms with E-state index in [4.69, 9.17) is 10.6 Å². The fourth-order valence-corrected chi connectivity index (χ4v) is 3.15. The van der Waals surface area contributed by atoms with Crippen LogP contribution in [0.4, 0.5) is 23.2 Å². The molecule has 0 aliphatic heterocycles. The number of anilines is 1. The second-order valence-electron chi connectivity index (χ2n) is 6.33. The van der Waals surface area contributed by atoms with Gasteiger partial charge in [0.2, 0.25) is 11.1 Å². The number of nitrogens with two attached hydrogens (primary N) is 1. The average molecular weight is 471 g/mol. The van der Waals surface area contributed by atoms with Gasteiger partial charge in [0, 0.05) is 5.69 Å². The molecule has 13 heteroatoms. The number of amides is 1. The molecule has 0 bridgehead atoms. The van der Waals surface area contributed by atoms with Gasteiger partial charge in [0.05, 0.1) is 5.25 Å². The zero-order chi connectivity index (χ0) is 23.3. The van der Waals surface area contributed by atoms with Crippen molar-refractivity contribution in [1.29, 1.82) is 0 Å². The van der Waals surface area contributed by atoms with Crippen molar-refractivity contribution < 1.29 is 31.8 Å². The van der Waals surface area contributed by atoms with Crippen molar-refractivity contribution in [3.8, 4) is 11.5 Å². The number of hydrogen-bond donors (Lipinski definition) is 2. The molecule has 0 saturated carbocycles. The number of thioether (sulfide) groups is 1. The normalized spacial score (nSPS) is 12.3. The Morgan fingerprint density at radius 3 is 2.38 bits per heavy atom. The highest BCUT2D eigenvalue weighted by atomic mass is 32.2. The van der Waals surface area contributed by atoms with E-state index in [1.807, 2.05) is 0 Å². The van der Waals surface area contributed by atoms with Crippen LogP contribution in [-0.4, -0.2) is 32.4 Å². The Kier molecular flexibility index (Phi) is 7.08. The molecular weight excluding hydrogens is 454 g/mol. The molecule has 3 N–H and O–H groups in total. The van der Waals surface area contributed by atoms with Crippen molar-refractivity contribution in [3.05, 3.63) is 60.2 Å². The summed E-state index contributed by atoms with van der Waals surface area (Å²) in [5.41, 5.74) is 0.291. The Bertz CT molecular complexity index is 1060. The quantitative estimate of drug-likeness (QED) is 0.293. The van der Waals surface area contributed by atoms with Crippen LogP contribution in [0.3, 0.4) is 0 Å². The molecule has 1 heterocycles. The van der Waals surface area contributed by atoms with E-state index in [2.05, 4.69) is 20.3 Å². The molecule has 3 rings (SSSR count). The zero-order valence-electron chi connectivity index (χ0n) is 16.5. The van der Waals surface area contributed by atoms with E-state index in [0.717, 1.165) is 23.9 Å². The molecular formula is C19H17F4N5O3S. The standard InChI is InChI=1S/C19H17F4N5O3S/c1-11(17(29)25-13-4-8-15(9-5-13)31-19(21,22)23)32-18-27-26-16(28(18)24)10-30-14-6-2-12(20)3-7-14/h2-9,11H,10,24H2,1H3,(H,25,29). The Hall–Kier alpha value is -3.48. The Balaban J connectivity index is 1.54. The number of benzene rings is 2. The van der Waals surface area contributed by atoms with Gasteiger partial charge in [-0.2, -0.15) is 0 Å². The maximum atomic E-state index is 12.9. The molecule has 1 unspecified atom stereocenters.